The van der Waals surface area contributed by atoms with E-state index in [0.29, 0.717) is 18.1 Å². The summed E-state index contributed by atoms with van der Waals surface area (Å²) in [4.78, 5) is 22.5. The highest BCUT2D eigenvalue weighted by atomic mass is 35.5. The molecule has 7 heteroatoms. The summed E-state index contributed by atoms with van der Waals surface area (Å²) in [6.45, 7) is 2.34. The van der Waals surface area contributed by atoms with Crippen molar-refractivity contribution in [1.82, 2.24) is 5.32 Å². The first-order valence-corrected chi connectivity index (χ1v) is 7.65. The highest BCUT2D eigenvalue weighted by Crippen LogP contribution is 2.18. The van der Waals surface area contributed by atoms with Gasteiger partial charge in [0.05, 0.1) is 13.0 Å². The van der Waals surface area contributed by atoms with Gasteiger partial charge in [-0.2, -0.15) is 0 Å². The Morgan fingerprint density at radius 2 is 2.00 bits per heavy atom. The maximum absolute atomic E-state index is 11.9. The fourth-order valence-corrected chi connectivity index (χ4v) is 2.42. The van der Waals surface area contributed by atoms with Crippen molar-refractivity contribution in [3.05, 3.63) is 24.3 Å². The highest BCUT2D eigenvalue weighted by Gasteiger charge is 2.15. The van der Waals surface area contributed by atoms with Crippen LogP contribution in [0.4, 0.5) is 5.69 Å². The molecule has 0 spiro atoms. The first-order valence-electron chi connectivity index (χ1n) is 7.65. The van der Waals surface area contributed by atoms with E-state index in [1.54, 1.807) is 24.3 Å². The zero-order valence-corrected chi connectivity index (χ0v) is 13.9. The minimum Gasteiger partial charge on any atom is -0.493 e. The predicted octanol–water partition coefficient (Wildman–Crippen LogP) is 1.69. The summed E-state index contributed by atoms with van der Waals surface area (Å²) in [7, 11) is 0. The van der Waals surface area contributed by atoms with Gasteiger partial charge in [0, 0.05) is 12.1 Å². The summed E-state index contributed by atoms with van der Waals surface area (Å²) >= 11 is 0. The van der Waals surface area contributed by atoms with Gasteiger partial charge in [0.15, 0.2) is 0 Å². The smallest absolute Gasteiger partial charge is 0.224 e. The molecule has 0 radical (unpaired) electrons. The van der Waals surface area contributed by atoms with Crippen molar-refractivity contribution in [2.45, 2.75) is 25.7 Å². The number of primary amides is 1. The number of benzene rings is 1. The molecule has 1 unspecified atom stereocenters. The topological polar surface area (TPSA) is 93.5 Å². The molecule has 23 heavy (non-hydrogen) atoms. The molecule has 0 aliphatic carbocycles. The van der Waals surface area contributed by atoms with E-state index in [2.05, 4.69) is 10.6 Å². The number of anilines is 1. The Kier molecular flexibility index (Phi) is 8.43. The van der Waals surface area contributed by atoms with Crippen LogP contribution in [0.3, 0.4) is 0 Å². The van der Waals surface area contributed by atoms with Crippen LogP contribution < -0.4 is 21.1 Å². The van der Waals surface area contributed by atoms with Crippen molar-refractivity contribution in [3.8, 4) is 5.75 Å². The molecule has 2 amide bonds. The van der Waals surface area contributed by atoms with Gasteiger partial charge < -0.3 is 21.1 Å². The number of nitrogens with one attached hydrogen (secondary N) is 2. The van der Waals surface area contributed by atoms with E-state index in [1.165, 1.54) is 0 Å². The van der Waals surface area contributed by atoms with Crippen molar-refractivity contribution in [3.63, 3.8) is 0 Å². The quantitative estimate of drug-likeness (QED) is 0.670. The molecule has 1 aromatic rings. The monoisotopic (exact) mass is 341 g/mol. The number of amides is 2. The van der Waals surface area contributed by atoms with Gasteiger partial charge in [0.25, 0.3) is 0 Å². The molecule has 128 valence electrons. The third-order valence-corrected chi connectivity index (χ3v) is 3.70. The van der Waals surface area contributed by atoms with Crippen molar-refractivity contribution in [2.75, 3.05) is 25.0 Å². The van der Waals surface area contributed by atoms with Crippen LogP contribution in [0.25, 0.3) is 0 Å². The second-order valence-corrected chi connectivity index (χ2v) is 5.53. The van der Waals surface area contributed by atoms with Crippen molar-refractivity contribution in [1.29, 1.82) is 0 Å². The van der Waals surface area contributed by atoms with E-state index in [4.69, 9.17) is 10.5 Å². The SMILES string of the molecule is Cl.NC(=O)CCOc1ccc(NC(=O)CCC2CCNC2)cc1. The van der Waals surface area contributed by atoms with E-state index >= 15 is 0 Å². The van der Waals surface area contributed by atoms with Crippen LogP contribution in [-0.2, 0) is 9.59 Å². The van der Waals surface area contributed by atoms with Gasteiger partial charge in [-0.1, -0.05) is 0 Å². The molecule has 1 aliphatic heterocycles. The summed E-state index contributed by atoms with van der Waals surface area (Å²) < 4.78 is 5.37. The molecular weight excluding hydrogens is 318 g/mol. The zero-order valence-electron chi connectivity index (χ0n) is 13.0. The molecule has 4 N–H and O–H groups in total. The summed E-state index contributed by atoms with van der Waals surface area (Å²) in [5.41, 5.74) is 5.79. The molecule has 0 aromatic heterocycles. The molecule has 0 bridgehead atoms. The number of carbonyl (C=O) groups excluding carboxylic acids is 2. The van der Waals surface area contributed by atoms with Crippen molar-refractivity contribution >= 4 is 29.9 Å². The number of hydrogen-bond acceptors (Lipinski definition) is 4. The van der Waals surface area contributed by atoms with Gasteiger partial charge in [0.2, 0.25) is 11.8 Å². The fraction of sp³-hybridized carbons (Fsp3) is 0.500. The van der Waals surface area contributed by atoms with Crippen molar-refractivity contribution in [2.24, 2.45) is 11.7 Å². The lowest BCUT2D eigenvalue weighted by Crippen LogP contribution is -2.15. The number of halogens is 1. The van der Waals surface area contributed by atoms with E-state index < -0.39 is 0 Å². The van der Waals surface area contributed by atoms with Crippen LogP contribution >= 0.6 is 12.4 Å². The molecule has 1 aliphatic rings. The number of carbonyl (C=O) groups is 2. The third kappa shape index (κ3) is 7.34. The molecule has 2 rings (SSSR count). The standard InChI is InChI=1S/C16H23N3O3.ClH/c17-15(20)8-10-22-14-4-2-13(3-5-14)19-16(21)6-1-12-7-9-18-11-12;/h2-5,12,18H,1,6-11H2,(H2,17,20)(H,19,21);1H. The largest absolute Gasteiger partial charge is 0.493 e. The molecule has 1 aromatic carbocycles. The Morgan fingerprint density at radius 1 is 1.26 bits per heavy atom. The van der Waals surface area contributed by atoms with E-state index in [-0.39, 0.29) is 37.2 Å². The first kappa shape index (κ1) is 19.3. The normalized spacial score (nSPS) is 16.4. The van der Waals surface area contributed by atoms with Crippen LogP contribution in [0.5, 0.6) is 5.75 Å². The lowest BCUT2D eigenvalue weighted by atomic mass is 10.0. The Morgan fingerprint density at radius 3 is 2.61 bits per heavy atom. The summed E-state index contributed by atoms with van der Waals surface area (Å²) in [5.74, 6) is 0.915. The molecule has 1 fully saturated rings. The highest BCUT2D eigenvalue weighted by molar-refractivity contribution is 5.90. The zero-order chi connectivity index (χ0) is 15.8. The summed E-state index contributed by atoms with van der Waals surface area (Å²) in [5, 5.41) is 6.18. The number of rotatable bonds is 8. The van der Waals surface area contributed by atoms with Crippen LogP contribution in [0.2, 0.25) is 0 Å². The average molecular weight is 342 g/mol. The molecule has 1 heterocycles. The second-order valence-electron chi connectivity index (χ2n) is 5.53. The van der Waals surface area contributed by atoms with E-state index in [1.807, 2.05) is 0 Å². The Bertz CT molecular complexity index is 502. The lowest BCUT2D eigenvalue weighted by Gasteiger charge is -2.09. The number of hydrogen-bond donors (Lipinski definition) is 3. The minimum absolute atomic E-state index is 0. The Balaban J connectivity index is 0.00000264. The molecule has 1 atom stereocenters. The average Bonchev–Trinajstić information content (AvgIpc) is 3.00. The van der Waals surface area contributed by atoms with Crippen LogP contribution in [0.1, 0.15) is 25.7 Å². The van der Waals surface area contributed by atoms with E-state index in [0.717, 1.165) is 31.6 Å². The number of nitrogens with two attached hydrogens (primary N) is 1. The minimum atomic E-state index is -0.388. The maximum Gasteiger partial charge on any atom is 0.224 e. The second kappa shape index (κ2) is 10.1. The van der Waals surface area contributed by atoms with Gasteiger partial charge in [-0.3, -0.25) is 9.59 Å². The lowest BCUT2D eigenvalue weighted by molar-refractivity contribution is -0.118. The Labute approximate surface area is 142 Å². The van der Waals surface area contributed by atoms with Crippen LogP contribution in [-0.4, -0.2) is 31.5 Å². The van der Waals surface area contributed by atoms with Gasteiger partial charge >= 0.3 is 0 Å². The van der Waals surface area contributed by atoms with Gasteiger partial charge in [-0.15, -0.1) is 12.4 Å². The van der Waals surface area contributed by atoms with Crippen molar-refractivity contribution < 1.29 is 14.3 Å². The first-order chi connectivity index (χ1) is 10.6. The van der Waals surface area contributed by atoms with Crippen LogP contribution in [0.15, 0.2) is 24.3 Å². The third-order valence-electron chi connectivity index (χ3n) is 3.70. The van der Waals surface area contributed by atoms with Gasteiger partial charge in [-0.05, 0) is 56.1 Å². The molecule has 1 saturated heterocycles. The molecule has 0 saturated carbocycles. The summed E-state index contributed by atoms with van der Waals surface area (Å²) in [6.07, 6.45) is 2.81. The van der Waals surface area contributed by atoms with Gasteiger partial charge in [0.1, 0.15) is 5.75 Å². The maximum atomic E-state index is 11.9. The molecule has 6 nitrogen and oxygen atoms in total. The number of ether oxygens (including phenoxy) is 1. The molecular formula is C16H24ClN3O3. The Hall–Kier alpha value is -1.79. The predicted molar refractivity (Wildman–Crippen MR) is 91.8 cm³/mol. The summed E-state index contributed by atoms with van der Waals surface area (Å²) in [6, 6.07) is 7.10. The fourth-order valence-electron chi connectivity index (χ4n) is 2.42. The van der Waals surface area contributed by atoms with Crippen LogP contribution in [0, 0.1) is 5.92 Å². The van der Waals surface area contributed by atoms with Gasteiger partial charge in [-0.25, -0.2) is 0 Å². The van der Waals surface area contributed by atoms with E-state index in [9.17, 15) is 9.59 Å².